The Kier molecular flexibility index (Phi) is 2.75. The summed E-state index contributed by atoms with van der Waals surface area (Å²) in [4.78, 5) is 4.78. The number of imidazole rings is 1. The fourth-order valence-electron chi connectivity index (χ4n) is 2.55. The van der Waals surface area contributed by atoms with Gasteiger partial charge < -0.3 is 5.73 Å². The number of benzene rings is 2. The lowest BCUT2D eigenvalue weighted by molar-refractivity contribution is 1.11. The highest BCUT2D eigenvalue weighted by Gasteiger charge is 2.16. The lowest BCUT2D eigenvalue weighted by Gasteiger charge is -2.08. The van der Waals surface area contributed by atoms with Crippen molar-refractivity contribution in [3.63, 3.8) is 0 Å². The molecule has 3 nitrogen and oxygen atoms in total. The molecule has 102 valence electrons. The number of anilines is 1. The molecule has 0 fully saturated rings. The maximum atomic E-state index is 6.11. The van der Waals surface area contributed by atoms with Gasteiger partial charge in [-0.2, -0.15) is 0 Å². The topological polar surface area (TPSA) is 43.8 Å². The Morgan fingerprint density at radius 2 is 1.67 bits per heavy atom. The number of aromatic nitrogens is 2. The minimum Gasteiger partial charge on any atom is -0.390 e. The van der Waals surface area contributed by atoms with E-state index in [0.29, 0.717) is 0 Å². The molecule has 0 spiro atoms. The van der Waals surface area contributed by atoms with Crippen molar-refractivity contribution >= 4 is 27.4 Å². The molecule has 2 N–H and O–H groups in total. The lowest BCUT2D eigenvalue weighted by atomic mass is 10.2. The molecule has 0 radical (unpaired) electrons. The Morgan fingerprint density at radius 1 is 0.905 bits per heavy atom. The maximum Gasteiger partial charge on any atom is 0.148 e. The molecule has 0 aliphatic carbocycles. The van der Waals surface area contributed by atoms with Gasteiger partial charge in [-0.3, -0.25) is 4.57 Å². The van der Waals surface area contributed by atoms with E-state index in [1.165, 1.54) is 11.3 Å². The summed E-state index contributed by atoms with van der Waals surface area (Å²) < 4.78 is 2.16. The molecule has 0 aliphatic rings. The number of hydrogen-bond acceptors (Lipinski definition) is 3. The molecule has 0 unspecified atom stereocenters. The van der Waals surface area contributed by atoms with Crippen LogP contribution in [0.4, 0.5) is 5.00 Å². The molecular weight excluding hydrogens is 278 g/mol. The highest BCUT2D eigenvalue weighted by atomic mass is 32.1. The van der Waals surface area contributed by atoms with E-state index in [9.17, 15) is 0 Å². The van der Waals surface area contributed by atoms with Gasteiger partial charge in [-0.25, -0.2) is 4.98 Å². The van der Waals surface area contributed by atoms with Crippen LogP contribution in [-0.2, 0) is 0 Å². The van der Waals surface area contributed by atoms with E-state index in [1.54, 1.807) is 0 Å². The predicted molar refractivity (Wildman–Crippen MR) is 88.8 cm³/mol. The van der Waals surface area contributed by atoms with Crippen molar-refractivity contribution in [2.24, 2.45) is 0 Å². The fraction of sp³-hybridized carbons (Fsp3) is 0. The average Bonchev–Trinajstić information content (AvgIpc) is 3.11. The van der Waals surface area contributed by atoms with Gasteiger partial charge in [0.25, 0.3) is 0 Å². The van der Waals surface area contributed by atoms with Crippen LogP contribution in [0.2, 0.25) is 0 Å². The molecule has 0 saturated carbocycles. The van der Waals surface area contributed by atoms with Crippen molar-refractivity contribution in [3.8, 4) is 17.1 Å². The molecule has 2 aromatic carbocycles. The van der Waals surface area contributed by atoms with Gasteiger partial charge in [0.05, 0.1) is 21.6 Å². The first-order valence-corrected chi connectivity index (χ1v) is 7.59. The summed E-state index contributed by atoms with van der Waals surface area (Å²) >= 11 is 1.54. The molecule has 2 aromatic heterocycles. The van der Waals surface area contributed by atoms with Gasteiger partial charge in [-0.05, 0) is 35.7 Å². The number of nitrogens with zero attached hydrogens (tertiary/aromatic N) is 2. The van der Waals surface area contributed by atoms with E-state index in [0.717, 1.165) is 33.1 Å². The van der Waals surface area contributed by atoms with Crippen LogP contribution in [0.1, 0.15) is 0 Å². The summed E-state index contributed by atoms with van der Waals surface area (Å²) in [5, 5.41) is 2.79. The Labute approximate surface area is 126 Å². The van der Waals surface area contributed by atoms with E-state index in [-0.39, 0.29) is 0 Å². The summed E-state index contributed by atoms with van der Waals surface area (Å²) in [5.41, 5.74) is 10.2. The molecule has 21 heavy (non-hydrogen) atoms. The molecule has 4 rings (SSSR count). The first kappa shape index (κ1) is 12.2. The Morgan fingerprint density at radius 3 is 2.43 bits per heavy atom. The lowest BCUT2D eigenvalue weighted by Crippen LogP contribution is -1.97. The van der Waals surface area contributed by atoms with Gasteiger partial charge in [0.15, 0.2) is 0 Å². The predicted octanol–water partition coefficient (Wildman–Crippen LogP) is 4.34. The third kappa shape index (κ3) is 1.92. The van der Waals surface area contributed by atoms with Crippen molar-refractivity contribution in [1.82, 2.24) is 9.55 Å². The molecule has 4 heteroatoms. The number of rotatable bonds is 2. The molecule has 0 atom stereocenters. The standard InChI is InChI=1S/C17H13N3S/c18-16-13(10-11-21-16)17-19-14-8-4-5-9-15(14)20(17)12-6-2-1-3-7-12/h1-11H,18H2. The van der Waals surface area contributed by atoms with Gasteiger partial charge in [0.2, 0.25) is 0 Å². The van der Waals surface area contributed by atoms with Gasteiger partial charge in [0, 0.05) is 5.69 Å². The zero-order chi connectivity index (χ0) is 14.2. The van der Waals surface area contributed by atoms with E-state index in [4.69, 9.17) is 10.7 Å². The smallest absolute Gasteiger partial charge is 0.148 e. The van der Waals surface area contributed by atoms with Crippen LogP contribution in [0.3, 0.4) is 0 Å². The van der Waals surface area contributed by atoms with E-state index < -0.39 is 0 Å². The van der Waals surface area contributed by atoms with Crippen LogP contribution in [-0.4, -0.2) is 9.55 Å². The molecule has 0 bridgehead atoms. The number of fused-ring (bicyclic) bond motifs is 1. The first-order valence-electron chi connectivity index (χ1n) is 6.71. The summed E-state index contributed by atoms with van der Waals surface area (Å²) in [6.45, 7) is 0. The summed E-state index contributed by atoms with van der Waals surface area (Å²) in [5.74, 6) is 0.890. The highest BCUT2D eigenvalue weighted by molar-refractivity contribution is 7.14. The van der Waals surface area contributed by atoms with Crippen LogP contribution >= 0.6 is 11.3 Å². The monoisotopic (exact) mass is 291 g/mol. The zero-order valence-electron chi connectivity index (χ0n) is 11.2. The third-order valence-electron chi connectivity index (χ3n) is 3.51. The molecule has 4 aromatic rings. The largest absolute Gasteiger partial charge is 0.390 e. The Bertz CT molecular complexity index is 906. The second kappa shape index (κ2) is 4.75. The van der Waals surface area contributed by atoms with E-state index in [2.05, 4.69) is 22.8 Å². The van der Waals surface area contributed by atoms with Gasteiger partial charge in [0.1, 0.15) is 5.82 Å². The van der Waals surface area contributed by atoms with E-state index >= 15 is 0 Å². The molecule has 2 heterocycles. The summed E-state index contributed by atoms with van der Waals surface area (Å²) in [7, 11) is 0. The molecule has 0 saturated heterocycles. The normalized spacial score (nSPS) is 11.0. The van der Waals surface area contributed by atoms with Gasteiger partial charge in [-0.15, -0.1) is 11.3 Å². The van der Waals surface area contributed by atoms with Crippen molar-refractivity contribution in [3.05, 3.63) is 66.0 Å². The Hall–Kier alpha value is -2.59. The molecule has 0 amide bonds. The zero-order valence-corrected chi connectivity index (χ0v) is 12.0. The van der Waals surface area contributed by atoms with Gasteiger partial charge in [-0.1, -0.05) is 30.3 Å². The second-order valence-corrected chi connectivity index (χ2v) is 5.74. The number of para-hydroxylation sites is 3. The van der Waals surface area contributed by atoms with Crippen molar-refractivity contribution in [2.45, 2.75) is 0 Å². The van der Waals surface area contributed by atoms with Crippen molar-refractivity contribution in [1.29, 1.82) is 0 Å². The number of nitrogens with two attached hydrogens (primary N) is 1. The van der Waals surface area contributed by atoms with E-state index in [1.807, 2.05) is 47.8 Å². The average molecular weight is 291 g/mol. The summed E-state index contributed by atoms with van der Waals surface area (Å²) in [6, 6.07) is 20.4. The minimum absolute atomic E-state index is 0.794. The second-order valence-electron chi connectivity index (χ2n) is 4.79. The maximum absolute atomic E-state index is 6.11. The first-order chi connectivity index (χ1) is 10.3. The third-order valence-corrected chi connectivity index (χ3v) is 4.26. The van der Waals surface area contributed by atoms with Gasteiger partial charge >= 0.3 is 0 Å². The van der Waals surface area contributed by atoms with Crippen LogP contribution in [0, 0.1) is 0 Å². The minimum atomic E-state index is 0.794. The molecule has 0 aliphatic heterocycles. The summed E-state index contributed by atoms with van der Waals surface area (Å²) in [6.07, 6.45) is 0. The van der Waals surface area contributed by atoms with Crippen molar-refractivity contribution in [2.75, 3.05) is 5.73 Å². The number of nitrogen functional groups attached to an aromatic ring is 1. The van der Waals surface area contributed by atoms with Crippen LogP contribution in [0.5, 0.6) is 0 Å². The molecular formula is C17H13N3S. The van der Waals surface area contributed by atoms with Crippen LogP contribution in [0.25, 0.3) is 28.1 Å². The number of hydrogen-bond donors (Lipinski definition) is 1. The highest BCUT2D eigenvalue weighted by Crippen LogP contribution is 2.34. The van der Waals surface area contributed by atoms with Crippen molar-refractivity contribution < 1.29 is 0 Å². The number of thiophene rings is 1. The fourth-order valence-corrected chi connectivity index (χ4v) is 3.19. The quantitative estimate of drug-likeness (QED) is 0.597. The van der Waals surface area contributed by atoms with Crippen LogP contribution in [0.15, 0.2) is 66.0 Å². The Balaban J connectivity index is 2.09. The SMILES string of the molecule is Nc1sccc1-c1nc2ccccc2n1-c1ccccc1. The van der Waals surface area contributed by atoms with Crippen LogP contribution < -0.4 is 5.73 Å².